The predicted octanol–water partition coefficient (Wildman–Crippen LogP) is 2.90. The van der Waals surface area contributed by atoms with Crippen molar-refractivity contribution in [1.29, 1.82) is 0 Å². The van der Waals surface area contributed by atoms with Crippen LogP contribution in [0.1, 0.15) is 27.7 Å². The number of ketones is 1. The van der Waals surface area contributed by atoms with E-state index in [4.69, 9.17) is 9.47 Å². The summed E-state index contributed by atoms with van der Waals surface area (Å²) in [6.07, 6.45) is 0. The Morgan fingerprint density at radius 2 is 1.76 bits per heavy atom. The Labute approximate surface area is 127 Å². The number of Topliss-reactive ketones (excluding diaryl/α,β-unsaturated/α-hetero) is 1. The molecule has 1 aliphatic rings. The molecule has 0 aliphatic carbocycles. The first-order valence-corrected chi connectivity index (χ1v) is 7.27. The number of carbonyl (C=O) groups excluding carboxylic acids is 1. The first-order chi connectivity index (χ1) is 9.67. The summed E-state index contributed by atoms with van der Waals surface area (Å²) in [4.78, 5) is 14.6. The van der Waals surface area contributed by atoms with Crippen LogP contribution < -0.4 is 9.64 Å². The molecule has 4 heteroatoms. The molecule has 0 spiro atoms. The number of methoxy groups -OCH3 is 1. The van der Waals surface area contributed by atoms with Crippen LogP contribution in [-0.4, -0.2) is 37.7 Å². The monoisotopic (exact) mass is 291 g/mol. The quantitative estimate of drug-likeness (QED) is 0.855. The Morgan fingerprint density at radius 3 is 2.19 bits per heavy atom. The van der Waals surface area contributed by atoms with Crippen LogP contribution >= 0.6 is 0 Å². The van der Waals surface area contributed by atoms with Gasteiger partial charge in [-0.25, -0.2) is 0 Å². The second-order valence-corrected chi connectivity index (χ2v) is 6.71. The molecule has 1 aromatic rings. The zero-order chi connectivity index (χ0) is 15.8. The second-order valence-electron chi connectivity index (χ2n) is 6.71. The molecule has 4 nitrogen and oxygen atoms in total. The van der Waals surface area contributed by atoms with Gasteiger partial charge in [0.25, 0.3) is 0 Å². The van der Waals surface area contributed by atoms with Crippen molar-refractivity contribution >= 4 is 11.5 Å². The molecule has 116 valence electrons. The van der Waals surface area contributed by atoms with Gasteiger partial charge in [0.1, 0.15) is 11.4 Å². The van der Waals surface area contributed by atoms with Crippen molar-refractivity contribution in [1.82, 2.24) is 0 Å². The maximum absolute atomic E-state index is 12.5. The highest BCUT2D eigenvalue weighted by molar-refractivity contribution is 5.92. The molecule has 0 radical (unpaired) electrons. The molecule has 1 saturated heterocycles. The third kappa shape index (κ3) is 3.05. The Hall–Kier alpha value is -1.55. The van der Waals surface area contributed by atoms with Gasteiger partial charge in [0.2, 0.25) is 0 Å². The lowest BCUT2D eigenvalue weighted by molar-refractivity contribution is -0.132. The molecule has 0 amide bonds. The second kappa shape index (κ2) is 5.34. The molecule has 1 atom stereocenters. The van der Waals surface area contributed by atoms with E-state index in [-0.39, 0.29) is 11.7 Å². The van der Waals surface area contributed by atoms with Crippen molar-refractivity contribution in [2.24, 2.45) is 5.92 Å². The summed E-state index contributed by atoms with van der Waals surface area (Å²) in [7, 11) is 3.65. The summed E-state index contributed by atoms with van der Waals surface area (Å²) in [5, 5.41) is 0. The molecule has 0 bridgehead atoms. The predicted molar refractivity (Wildman–Crippen MR) is 84.0 cm³/mol. The van der Waals surface area contributed by atoms with Crippen LogP contribution in [-0.2, 0) is 9.53 Å². The van der Waals surface area contributed by atoms with Gasteiger partial charge in [-0.05, 0) is 52.0 Å². The summed E-state index contributed by atoms with van der Waals surface area (Å²) in [5.41, 5.74) is -0.0833. The smallest absolute Gasteiger partial charge is 0.171 e. The lowest BCUT2D eigenvalue weighted by Gasteiger charge is -2.29. The van der Waals surface area contributed by atoms with Crippen LogP contribution in [0.5, 0.6) is 5.75 Å². The van der Waals surface area contributed by atoms with Crippen LogP contribution in [0.25, 0.3) is 0 Å². The molecule has 1 unspecified atom stereocenters. The average Bonchev–Trinajstić information content (AvgIpc) is 2.57. The number of hydrogen-bond donors (Lipinski definition) is 0. The van der Waals surface area contributed by atoms with E-state index in [0.717, 1.165) is 11.4 Å². The maximum Gasteiger partial charge on any atom is 0.171 e. The SMILES string of the molecule is COc1ccc(N(C)CC2C(=O)C(C)(C)OC2(C)C)cc1. The third-order valence-corrected chi connectivity index (χ3v) is 4.24. The fourth-order valence-corrected chi connectivity index (χ4v) is 3.03. The van der Waals surface area contributed by atoms with Crippen LogP contribution in [0, 0.1) is 5.92 Å². The Balaban J connectivity index is 2.14. The molecule has 2 rings (SSSR count). The lowest BCUT2D eigenvalue weighted by Crippen LogP contribution is -2.39. The van der Waals surface area contributed by atoms with E-state index in [1.54, 1.807) is 7.11 Å². The van der Waals surface area contributed by atoms with E-state index in [1.165, 1.54) is 0 Å². The molecule has 0 aromatic heterocycles. The van der Waals surface area contributed by atoms with Gasteiger partial charge in [-0.1, -0.05) is 0 Å². The fraction of sp³-hybridized carbons (Fsp3) is 0.588. The number of nitrogens with zero attached hydrogens (tertiary/aromatic N) is 1. The van der Waals surface area contributed by atoms with Crippen LogP contribution in [0.2, 0.25) is 0 Å². The first-order valence-electron chi connectivity index (χ1n) is 7.27. The summed E-state index contributed by atoms with van der Waals surface area (Å²) >= 11 is 0. The van der Waals surface area contributed by atoms with Gasteiger partial charge in [-0.3, -0.25) is 4.79 Å². The van der Waals surface area contributed by atoms with Gasteiger partial charge in [-0.15, -0.1) is 0 Å². The maximum atomic E-state index is 12.5. The molecule has 0 N–H and O–H groups in total. The van der Waals surface area contributed by atoms with Crippen molar-refractivity contribution in [3.8, 4) is 5.75 Å². The molecule has 0 saturated carbocycles. The molecule has 1 aliphatic heterocycles. The molecular formula is C17H25NO3. The van der Waals surface area contributed by atoms with Gasteiger partial charge < -0.3 is 14.4 Å². The first kappa shape index (κ1) is 15.8. The largest absolute Gasteiger partial charge is 0.497 e. The topological polar surface area (TPSA) is 38.8 Å². The molecule has 1 fully saturated rings. The number of carbonyl (C=O) groups is 1. The fourth-order valence-electron chi connectivity index (χ4n) is 3.03. The molecular weight excluding hydrogens is 266 g/mol. The van der Waals surface area contributed by atoms with E-state index in [1.807, 2.05) is 59.0 Å². The zero-order valence-electron chi connectivity index (χ0n) is 13.8. The van der Waals surface area contributed by atoms with Crippen molar-refractivity contribution in [3.05, 3.63) is 24.3 Å². The Kier molecular flexibility index (Phi) is 4.02. The standard InChI is InChI=1S/C17H25NO3/c1-16(2)14(15(19)17(3,4)21-16)11-18(5)12-7-9-13(20-6)10-8-12/h7-10,14H,11H2,1-6H3. The van der Waals surface area contributed by atoms with Gasteiger partial charge in [0.15, 0.2) is 5.78 Å². The van der Waals surface area contributed by atoms with Gasteiger partial charge >= 0.3 is 0 Å². The van der Waals surface area contributed by atoms with Gasteiger partial charge in [0, 0.05) is 19.3 Å². The number of rotatable bonds is 4. The van der Waals surface area contributed by atoms with Gasteiger partial charge in [0.05, 0.1) is 18.6 Å². The lowest BCUT2D eigenvalue weighted by atomic mass is 9.85. The normalized spacial score (nSPS) is 23.1. The van der Waals surface area contributed by atoms with Crippen molar-refractivity contribution in [2.45, 2.75) is 38.9 Å². The third-order valence-electron chi connectivity index (χ3n) is 4.24. The van der Waals surface area contributed by atoms with E-state index in [2.05, 4.69) is 4.90 Å². The minimum absolute atomic E-state index is 0.139. The highest BCUT2D eigenvalue weighted by atomic mass is 16.5. The van der Waals surface area contributed by atoms with Crippen LogP contribution in [0.15, 0.2) is 24.3 Å². The number of hydrogen-bond acceptors (Lipinski definition) is 4. The van der Waals surface area contributed by atoms with E-state index >= 15 is 0 Å². The average molecular weight is 291 g/mol. The van der Waals surface area contributed by atoms with E-state index in [9.17, 15) is 4.79 Å². The summed E-state index contributed by atoms with van der Waals surface area (Å²) < 4.78 is 11.1. The van der Waals surface area contributed by atoms with Gasteiger partial charge in [-0.2, -0.15) is 0 Å². The highest BCUT2D eigenvalue weighted by Crippen LogP contribution is 2.39. The van der Waals surface area contributed by atoms with E-state index in [0.29, 0.717) is 6.54 Å². The number of benzene rings is 1. The van der Waals surface area contributed by atoms with Crippen molar-refractivity contribution in [2.75, 3.05) is 25.6 Å². The van der Waals surface area contributed by atoms with Crippen LogP contribution in [0.4, 0.5) is 5.69 Å². The van der Waals surface area contributed by atoms with Crippen LogP contribution in [0.3, 0.4) is 0 Å². The number of ether oxygens (including phenoxy) is 2. The molecule has 21 heavy (non-hydrogen) atoms. The van der Waals surface area contributed by atoms with Crippen molar-refractivity contribution in [3.63, 3.8) is 0 Å². The minimum atomic E-state index is -0.699. The Bertz CT molecular complexity index is 519. The van der Waals surface area contributed by atoms with E-state index < -0.39 is 11.2 Å². The molecule has 1 heterocycles. The van der Waals surface area contributed by atoms with Crippen molar-refractivity contribution < 1.29 is 14.3 Å². The highest BCUT2D eigenvalue weighted by Gasteiger charge is 2.53. The molecule has 1 aromatic carbocycles. The summed E-state index contributed by atoms with van der Waals surface area (Å²) in [6.45, 7) is 8.33. The number of anilines is 1. The minimum Gasteiger partial charge on any atom is -0.497 e. The summed E-state index contributed by atoms with van der Waals surface area (Å²) in [6, 6.07) is 7.84. The summed E-state index contributed by atoms with van der Waals surface area (Å²) in [5.74, 6) is 0.862. The Morgan fingerprint density at radius 1 is 1.19 bits per heavy atom. The zero-order valence-corrected chi connectivity index (χ0v) is 13.8.